The van der Waals surface area contributed by atoms with Crippen LogP contribution in [-0.4, -0.2) is 6.03 Å². The summed E-state index contributed by atoms with van der Waals surface area (Å²) in [7, 11) is 0. The zero-order chi connectivity index (χ0) is 13.0. The lowest BCUT2D eigenvalue weighted by molar-refractivity contribution is 0.242. The van der Waals surface area contributed by atoms with Gasteiger partial charge in [0.15, 0.2) is 0 Å². The molecule has 2 amide bonds. The van der Waals surface area contributed by atoms with E-state index in [1.54, 1.807) is 11.3 Å². The molecular formula is C14H16N2OS. The van der Waals surface area contributed by atoms with Crippen molar-refractivity contribution in [2.75, 3.05) is 5.32 Å². The van der Waals surface area contributed by atoms with Crippen molar-refractivity contribution in [2.24, 2.45) is 0 Å². The fraction of sp³-hybridized carbons (Fsp3) is 0.214. The van der Waals surface area contributed by atoms with Crippen molar-refractivity contribution in [3.8, 4) is 0 Å². The van der Waals surface area contributed by atoms with E-state index in [4.69, 9.17) is 0 Å². The van der Waals surface area contributed by atoms with E-state index >= 15 is 0 Å². The molecule has 0 atom stereocenters. The number of amides is 2. The van der Waals surface area contributed by atoms with Gasteiger partial charge in [0.25, 0.3) is 0 Å². The number of rotatable bonds is 3. The molecule has 0 fully saturated rings. The zero-order valence-electron chi connectivity index (χ0n) is 10.4. The first-order valence-corrected chi connectivity index (χ1v) is 6.64. The molecule has 3 nitrogen and oxygen atoms in total. The van der Waals surface area contributed by atoms with Gasteiger partial charge in [-0.05, 0) is 37.4 Å². The van der Waals surface area contributed by atoms with Gasteiger partial charge < -0.3 is 10.6 Å². The smallest absolute Gasteiger partial charge is 0.319 e. The van der Waals surface area contributed by atoms with Crippen LogP contribution in [0.3, 0.4) is 0 Å². The molecular weight excluding hydrogens is 244 g/mol. The second kappa shape index (κ2) is 5.23. The Morgan fingerprint density at radius 1 is 1.11 bits per heavy atom. The Labute approximate surface area is 111 Å². The Hall–Kier alpha value is -1.81. The first kappa shape index (κ1) is 12.6. The molecule has 0 bridgehead atoms. The van der Waals surface area contributed by atoms with Crippen molar-refractivity contribution in [1.82, 2.24) is 5.32 Å². The van der Waals surface area contributed by atoms with Gasteiger partial charge in [0.2, 0.25) is 0 Å². The quantitative estimate of drug-likeness (QED) is 0.865. The normalized spacial score (nSPS) is 11.0. The average molecular weight is 260 g/mol. The predicted octanol–water partition coefficient (Wildman–Crippen LogP) is 3.80. The SMILES string of the molecule is CC(C)(NC(=O)Nc1ccccc1)c1cccs1. The summed E-state index contributed by atoms with van der Waals surface area (Å²) in [5, 5.41) is 7.79. The van der Waals surface area contributed by atoms with Crippen LogP contribution >= 0.6 is 11.3 Å². The van der Waals surface area contributed by atoms with Crippen molar-refractivity contribution >= 4 is 23.1 Å². The number of hydrogen-bond donors (Lipinski definition) is 2. The minimum Gasteiger partial charge on any atom is -0.328 e. The minimum atomic E-state index is -0.368. The van der Waals surface area contributed by atoms with Crippen LogP contribution in [0.4, 0.5) is 10.5 Å². The fourth-order valence-corrected chi connectivity index (χ4v) is 2.47. The van der Waals surface area contributed by atoms with Gasteiger partial charge in [-0.2, -0.15) is 0 Å². The fourth-order valence-electron chi connectivity index (χ4n) is 1.66. The van der Waals surface area contributed by atoms with Crippen LogP contribution in [-0.2, 0) is 5.54 Å². The summed E-state index contributed by atoms with van der Waals surface area (Å²) in [6, 6.07) is 13.2. The number of para-hydroxylation sites is 1. The number of anilines is 1. The van der Waals surface area contributed by atoms with E-state index in [0.29, 0.717) is 0 Å². The number of nitrogens with one attached hydrogen (secondary N) is 2. The lowest BCUT2D eigenvalue weighted by Gasteiger charge is -2.25. The lowest BCUT2D eigenvalue weighted by atomic mass is 10.0. The van der Waals surface area contributed by atoms with E-state index in [-0.39, 0.29) is 11.6 Å². The van der Waals surface area contributed by atoms with E-state index in [9.17, 15) is 4.79 Å². The maximum atomic E-state index is 11.9. The van der Waals surface area contributed by atoms with Crippen molar-refractivity contribution in [1.29, 1.82) is 0 Å². The van der Waals surface area contributed by atoms with Gasteiger partial charge in [-0.3, -0.25) is 0 Å². The van der Waals surface area contributed by atoms with Crippen LogP contribution in [0, 0.1) is 0 Å². The Morgan fingerprint density at radius 2 is 1.83 bits per heavy atom. The Bertz CT molecular complexity index is 506. The van der Waals surface area contributed by atoms with E-state index in [2.05, 4.69) is 10.6 Å². The van der Waals surface area contributed by atoms with Crippen LogP contribution in [0.25, 0.3) is 0 Å². The molecule has 0 aliphatic carbocycles. The van der Waals surface area contributed by atoms with Crippen LogP contribution in [0.15, 0.2) is 47.8 Å². The summed E-state index contributed by atoms with van der Waals surface area (Å²) in [5.41, 5.74) is 0.421. The molecule has 0 radical (unpaired) electrons. The molecule has 0 saturated carbocycles. The van der Waals surface area contributed by atoms with Gasteiger partial charge >= 0.3 is 6.03 Å². The third kappa shape index (κ3) is 3.11. The Balaban J connectivity index is 2.00. The van der Waals surface area contributed by atoms with E-state index in [1.165, 1.54) is 0 Å². The van der Waals surface area contributed by atoms with Crippen molar-refractivity contribution in [3.63, 3.8) is 0 Å². The predicted molar refractivity (Wildman–Crippen MR) is 75.9 cm³/mol. The number of carbonyl (C=O) groups excluding carboxylic acids is 1. The number of thiophene rings is 1. The van der Waals surface area contributed by atoms with Crippen LogP contribution in [0.5, 0.6) is 0 Å². The summed E-state index contributed by atoms with van der Waals surface area (Å²) < 4.78 is 0. The standard InChI is InChI=1S/C14H16N2OS/c1-14(2,12-9-6-10-18-12)16-13(17)15-11-7-4-3-5-8-11/h3-10H,1-2H3,(H2,15,16,17). The second-order valence-electron chi connectivity index (χ2n) is 4.55. The van der Waals surface area contributed by atoms with Gasteiger partial charge in [0.1, 0.15) is 0 Å². The number of hydrogen-bond acceptors (Lipinski definition) is 2. The maximum Gasteiger partial charge on any atom is 0.319 e. The minimum absolute atomic E-state index is 0.195. The molecule has 4 heteroatoms. The zero-order valence-corrected chi connectivity index (χ0v) is 11.3. The molecule has 0 spiro atoms. The molecule has 0 saturated heterocycles. The summed E-state index contributed by atoms with van der Waals surface area (Å²) in [6.07, 6.45) is 0. The third-order valence-electron chi connectivity index (χ3n) is 2.59. The molecule has 2 aromatic rings. The first-order chi connectivity index (χ1) is 8.58. The monoisotopic (exact) mass is 260 g/mol. The average Bonchev–Trinajstić information content (AvgIpc) is 2.83. The van der Waals surface area contributed by atoms with Crippen LogP contribution in [0.2, 0.25) is 0 Å². The molecule has 18 heavy (non-hydrogen) atoms. The highest BCUT2D eigenvalue weighted by Gasteiger charge is 2.23. The molecule has 1 aromatic heterocycles. The lowest BCUT2D eigenvalue weighted by Crippen LogP contribution is -2.42. The molecule has 94 valence electrons. The largest absolute Gasteiger partial charge is 0.328 e. The van der Waals surface area contributed by atoms with Gasteiger partial charge in [-0.15, -0.1) is 11.3 Å². The summed E-state index contributed by atoms with van der Waals surface area (Å²) >= 11 is 1.64. The van der Waals surface area contributed by atoms with Gasteiger partial charge in [0.05, 0.1) is 5.54 Å². The maximum absolute atomic E-state index is 11.9. The van der Waals surface area contributed by atoms with Crippen molar-refractivity contribution in [2.45, 2.75) is 19.4 Å². The Morgan fingerprint density at radius 3 is 2.44 bits per heavy atom. The topological polar surface area (TPSA) is 41.1 Å². The molecule has 2 rings (SSSR count). The molecule has 1 aromatic carbocycles. The number of benzene rings is 1. The number of urea groups is 1. The van der Waals surface area contributed by atoms with Crippen molar-refractivity contribution in [3.05, 3.63) is 52.7 Å². The summed E-state index contributed by atoms with van der Waals surface area (Å²) in [4.78, 5) is 13.0. The van der Waals surface area contributed by atoms with Gasteiger partial charge in [-0.1, -0.05) is 24.3 Å². The highest BCUT2D eigenvalue weighted by molar-refractivity contribution is 7.10. The molecule has 0 aliphatic rings. The summed E-state index contributed by atoms with van der Waals surface area (Å²) in [5.74, 6) is 0. The molecule has 0 unspecified atom stereocenters. The van der Waals surface area contributed by atoms with Crippen molar-refractivity contribution < 1.29 is 4.79 Å². The van der Waals surface area contributed by atoms with Gasteiger partial charge in [0, 0.05) is 10.6 Å². The summed E-state index contributed by atoms with van der Waals surface area (Å²) in [6.45, 7) is 3.98. The van der Waals surface area contributed by atoms with Crippen LogP contribution < -0.4 is 10.6 Å². The van der Waals surface area contributed by atoms with E-state index < -0.39 is 0 Å². The second-order valence-corrected chi connectivity index (χ2v) is 5.50. The molecule has 0 aliphatic heterocycles. The number of carbonyl (C=O) groups is 1. The molecule has 2 N–H and O–H groups in total. The molecule has 1 heterocycles. The highest BCUT2D eigenvalue weighted by atomic mass is 32.1. The van der Waals surface area contributed by atoms with E-state index in [0.717, 1.165) is 10.6 Å². The third-order valence-corrected chi connectivity index (χ3v) is 3.79. The first-order valence-electron chi connectivity index (χ1n) is 5.76. The van der Waals surface area contributed by atoms with E-state index in [1.807, 2.05) is 61.7 Å². The van der Waals surface area contributed by atoms with Crippen LogP contribution in [0.1, 0.15) is 18.7 Å². The Kier molecular flexibility index (Phi) is 3.67. The highest BCUT2D eigenvalue weighted by Crippen LogP contribution is 2.24. The van der Waals surface area contributed by atoms with Gasteiger partial charge in [-0.25, -0.2) is 4.79 Å².